The molecule has 5 rings (SSSR count). The van der Waals surface area contributed by atoms with Gasteiger partial charge in [-0.3, -0.25) is 0 Å². The van der Waals surface area contributed by atoms with E-state index in [9.17, 15) is 5.11 Å². The molecule has 0 radical (unpaired) electrons. The molecule has 1 saturated heterocycles. The minimum Gasteiger partial charge on any atom is -0.393 e. The molecule has 0 unspecified atom stereocenters. The molecule has 1 aliphatic heterocycles. The highest BCUT2D eigenvalue weighted by Crippen LogP contribution is 2.67. The van der Waals surface area contributed by atoms with Crippen molar-refractivity contribution in [3.05, 3.63) is 0 Å². The minimum absolute atomic E-state index is 0.0619. The zero-order valence-corrected chi connectivity index (χ0v) is 15.4. The molecule has 1 N–H and O–H groups in total. The fourth-order valence-corrected chi connectivity index (χ4v) is 8.06. The first-order valence-electron chi connectivity index (χ1n) is 10.4. The summed E-state index contributed by atoms with van der Waals surface area (Å²) in [7, 11) is 0. The van der Waals surface area contributed by atoms with Crippen LogP contribution in [-0.4, -0.2) is 30.2 Å². The van der Waals surface area contributed by atoms with E-state index in [1.807, 2.05) is 0 Å². The Kier molecular flexibility index (Phi) is 3.49. The lowest BCUT2D eigenvalue weighted by Gasteiger charge is -2.62. The first-order chi connectivity index (χ1) is 11.5. The molecule has 5 aliphatic rings. The molecule has 0 bridgehead atoms. The van der Waals surface area contributed by atoms with Crippen molar-refractivity contribution in [1.29, 1.82) is 0 Å². The molecule has 7 atom stereocenters. The van der Waals surface area contributed by atoms with Gasteiger partial charge in [0.25, 0.3) is 0 Å². The van der Waals surface area contributed by atoms with Crippen molar-refractivity contribution in [3.63, 3.8) is 0 Å². The Hall–Kier alpha value is -0.120. The van der Waals surface area contributed by atoms with E-state index in [4.69, 9.17) is 9.47 Å². The minimum atomic E-state index is -0.261. The maximum absolute atomic E-state index is 10.6. The molecule has 1 spiro atoms. The van der Waals surface area contributed by atoms with Crippen molar-refractivity contribution in [2.75, 3.05) is 13.2 Å². The van der Waals surface area contributed by atoms with Crippen molar-refractivity contribution < 1.29 is 14.6 Å². The van der Waals surface area contributed by atoms with Crippen LogP contribution in [0, 0.1) is 34.5 Å². The van der Waals surface area contributed by atoms with Crippen LogP contribution in [0.4, 0.5) is 0 Å². The Morgan fingerprint density at radius 1 is 0.792 bits per heavy atom. The predicted molar refractivity (Wildman–Crippen MR) is 92.4 cm³/mol. The van der Waals surface area contributed by atoms with E-state index in [1.54, 1.807) is 0 Å². The van der Waals surface area contributed by atoms with Crippen LogP contribution in [0.1, 0.15) is 71.6 Å². The van der Waals surface area contributed by atoms with Crippen molar-refractivity contribution >= 4 is 0 Å². The van der Waals surface area contributed by atoms with Gasteiger partial charge in [-0.25, -0.2) is 0 Å². The largest absolute Gasteiger partial charge is 0.393 e. The van der Waals surface area contributed by atoms with Crippen LogP contribution in [0.5, 0.6) is 0 Å². The Labute approximate surface area is 146 Å². The molecule has 1 heterocycles. The van der Waals surface area contributed by atoms with Crippen LogP contribution >= 0.6 is 0 Å². The summed E-state index contributed by atoms with van der Waals surface area (Å²) in [6.45, 7) is 6.50. The summed E-state index contributed by atoms with van der Waals surface area (Å²) < 4.78 is 12.3. The van der Waals surface area contributed by atoms with Gasteiger partial charge >= 0.3 is 0 Å². The second-order valence-corrected chi connectivity index (χ2v) is 10.1. The van der Waals surface area contributed by atoms with E-state index in [-0.39, 0.29) is 17.3 Å². The topological polar surface area (TPSA) is 38.7 Å². The first-order valence-corrected chi connectivity index (χ1v) is 10.4. The molecule has 4 aliphatic carbocycles. The Morgan fingerprint density at radius 2 is 1.54 bits per heavy atom. The van der Waals surface area contributed by atoms with E-state index >= 15 is 0 Å². The van der Waals surface area contributed by atoms with Gasteiger partial charge in [-0.15, -0.1) is 0 Å². The maximum atomic E-state index is 10.6. The monoisotopic (exact) mass is 334 g/mol. The van der Waals surface area contributed by atoms with Gasteiger partial charge in [0.15, 0.2) is 5.79 Å². The SMILES string of the molecule is C[C@]12CC3(CC[C@@H]1CC[C@H]1[C@H]4CC[C@@H](O)[C@@]4(C)CC[C@@H]12)OCCO3. The van der Waals surface area contributed by atoms with E-state index < -0.39 is 0 Å². The van der Waals surface area contributed by atoms with Gasteiger partial charge in [-0.1, -0.05) is 13.8 Å². The Morgan fingerprint density at radius 3 is 2.33 bits per heavy atom. The van der Waals surface area contributed by atoms with Gasteiger partial charge < -0.3 is 14.6 Å². The van der Waals surface area contributed by atoms with Crippen LogP contribution in [-0.2, 0) is 9.47 Å². The highest BCUT2D eigenvalue weighted by Gasteiger charge is 2.62. The van der Waals surface area contributed by atoms with E-state index in [0.717, 1.165) is 56.1 Å². The van der Waals surface area contributed by atoms with Crippen LogP contribution in [0.15, 0.2) is 0 Å². The predicted octanol–water partition coefficient (Wildman–Crippen LogP) is 4.13. The average molecular weight is 335 g/mol. The molecule has 0 aromatic carbocycles. The molecular weight excluding hydrogens is 300 g/mol. The summed E-state index contributed by atoms with van der Waals surface area (Å²) >= 11 is 0. The molecule has 3 heteroatoms. The third-order valence-electron chi connectivity index (χ3n) is 9.35. The standard InChI is InChI=1S/C21H34O3/c1-19-9-8-17-15(16(19)5-6-18(19)22)4-3-14-7-10-21(13-20(14,17)2)23-11-12-24-21/h14-18,22H,3-13H2,1-2H3/t14-,15-,16+,17-,18+,19-,20-/m0/s1. The average Bonchev–Trinajstić information content (AvgIpc) is 3.12. The van der Waals surface area contributed by atoms with E-state index in [1.165, 1.54) is 38.5 Å². The summed E-state index contributed by atoms with van der Waals surface area (Å²) in [6, 6.07) is 0. The van der Waals surface area contributed by atoms with E-state index in [2.05, 4.69) is 13.8 Å². The second-order valence-electron chi connectivity index (χ2n) is 10.1. The zero-order valence-electron chi connectivity index (χ0n) is 15.4. The number of aliphatic hydroxyl groups excluding tert-OH is 1. The number of hydrogen-bond acceptors (Lipinski definition) is 3. The lowest BCUT2D eigenvalue weighted by atomic mass is 9.44. The quantitative estimate of drug-likeness (QED) is 0.724. The lowest BCUT2D eigenvalue weighted by molar-refractivity contribution is -0.239. The Bertz CT molecular complexity index is 513. The van der Waals surface area contributed by atoms with Gasteiger partial charge in [0.05, 0.1) is 19.3 Å². The lowest BCUT2D eigenvalue weighted by Crippen LogP contribution is -2.57. The highest BCUT2D eigenvalue weighted by molar-refractivity contribution is 5.10. The normalized spacial score (nSPS) is 55.9. The summed E-state index contributed by atoms with van der Waals surface area (Å²) in [6.07, 6.45) is 11.0. The fourth-order valence-electron chi connectivity index (χ4n) is 8.06. The number of ether oxygens (including phenoxy) is 2. The third-order valence-corrected chi connectivity index (χ3v) is 9.35. The molecule has 4 saturated carbocycles. The molecular formula is C21H34O3. The van der Waals surface area contributed by atoms with Crippen molar-refractivity contribution in [2.45, 2.75) is 83.5 Å². The molecule has 5 fully saturated rings. The van der Waals surface area contributed by atoms with Gasteiger partial charge in [0.1, 0.15) is 0 Å². The number of hydrogen-bond donors (Lipinski definition) is 1. The molecule has 3 nitrogen and oxygen atoms in total. The smallest absolute Gasteiger partial charge is 0.169 e. The third kappa shape index (κ3) is 2.01. The fraction of sp³-hybridized carbons (Fsp3) is 1.00. The molecule has 0 aromatic heterocycles. The van der Waals surface area contributed by atoms with Crippen molar-refractivity contribution in [3.8, 4) is 0 Å². The molecule has 0 amide bonds. The molecule has 0 aromatic rings. The Balaban J connectivity index is 1.46. The van der Waals surface area contributed by atoms with Crippen LogP contribution in [0.25, 0.3) is 0 Å². The van der Waals surface area contributed by atoms with Crippen LogP contribution in [0.2, 0.25) is 0 Å². The summed E-state index contributed by atoms with van der Waals surface area (Å²) in [5.41, 5.74) is 0.567. The zero-order chi connectivity index (χ0) is 16.6. The highest BCUT2D eigenvalue weighted by atomic mass is 16.7. The van der Waals surface area contributed by atoms with Gasteiger partial charge in [-0.2, -0.15) is 0 Å². The van der Waals surface area contributed by atoms with Gasteiger partial charge in [-0.05, 0) is 79.4 Å². The number of rotatable bonds is 0. The first kappa shape index (κ1) is 16.1. The van der Waals surface area contributed by atoms with Crippen LogP contribution < -0.4 is 0 Å². The molecule has 24 heavy (non-hydrogen) atoms. The van der Waals surface area contributed by atoms with E-state index in [0.29, 0.717) is 5.41 Å². The molecule has 136 valence electrons. The van der Waals surface area contributed by atoms with Gasteiger partial charge in [0, 0.05) is 12.8 Å². The second kappa shape index (κ2) is 5.20. The van der Waals surface area contributed by atoms with Crippen molar-refractivity contribution in [2.24, 2.45) is 34.5 Å². The number of fused-ring (bicyclic) bond motifs is 5. The van der Waals surface area contributed by atoms with Crippen molar-refractivity contribution in [1.82, 2.24) is 0 Å². The summed E-state index contributed by atoms with van der Waals surface area (Å²) in [4.78, 5) is 0. The summed E-state index contributed by atoms with van der Waals surface area (Å²) in [5, 5.41) is 10.6. The van der Waals surface area contributed by atoms with Crippen LogP contribution in [0.3, 0.4) is 0 Å². The number of aliphatic hydroxyl groups is 1. The maximum Gasteiger partial charge on any atom is 0.169 e. The summed E-state index contributed by atoms with van der Waals surface area (Å²) in [5.74, 6) is 2.96. The van der Waals surface area contributed by atoms with Gasteiger partial charge in [0.2, 0.25) is 0 Å².